The van der Waals surface area contributed by atoms with Gasteiger partial charge in [0.25, 0.3) is 0 Å². The second kappa shape index (κ2) is 4.71. The van der Waals surface area contributed by atoms with E-state index in [1.807, 2.05) is 6.20 Å². The molecule has 0 saturated heterocycles. The van der Waals surface area contributed by atoms with Crippen LogP contribution in [0.3, 0.4) is 0 Å². The summed E-state index contributed by atoms with van der Waals surface area (Å²) in [6.07, 6.45) is 5.74. The van der Waals surface area contributed by atoms with Crippen LogP contribution >= 0.6 is 11.6 Å². The Kier molecular flexibility index (Phi) is 3.04. The Morgan fingerprint density at radius 1 is 1.42 bits per heavy atom. The van der Waals surface area contributed by atoms with Crippen molar-refractivity contribution < 1.29 is 0 Å². The molecule has 0 radical (unpaired) electrons. The maximum absolute atomic E-state index is 12.1. The molecule has 0 unspecified atom stereocenters. The van der Waals surface area contributed by atoms with Crippen molar-refractivity contribution in [3.63, 3.8) is 0 Å². The summed E-state index contributed by atoms with van der Waals surface area (Å²) in [6.45, 7) is 0.340. The van der Waals surface area contributed by atoms with Gasteiger partial charge in [-0.05, 0) is 25.0 Å². The number of anilines is 1. The molecule has 0 aromatic carbocycles. The Labute approximate surface area is 114 Å². The second-order valence-electron chi connectivity index (χ2n) is 4.62. The van der Waals surface area contributed by atoms with Crippen LogP contribution in [-0.2, 0) is 6.54 Å². The van der Waals surface area contributed by atoms with Crippen molar-refractivity contribution in [3.05, 3.63) is 45.7 Å². The quantitative estimate of drug-likeness (QED) is 0.654. The third kappa shape index (κ3) is 2.36. The number of imidazole rings is 1. The summed E-state index contributed by atoms with van der Waals surface area (Å²) >= 11 is 6.08. The van der Waals surface area contributed by atoms with Crippen LogP contribution in [0.1, 0.15) is 24.6 Å². The van der Waals surface area contributed by atoms with Crippen molar-refractivity contribution in [1.82, 2.24) is 14.1 Å². The molecule has 2 heterocycles. The van der Waals surface area contributed by atoms with Gasteiger partial charge in [-0.1, -0.05) is 11.6 Å². The van der Waals surface area contributed by atoms with Gasteiger partial charge in [-0.15, -0.1) is 0 Å². The van der Waals surface area contributed by atoms with Gasteiger partial charge in [-0.3, -0.25) is 9.13 Å². The van der Waals surface area contributed by atoms with Gasteiger partial charge in [0.05, 0.1) is 17.3 Å². The predicted molar refractivity (Wildman–Crippen MR) is 73.1 cm³/mol. The lowest BCUT2D eigenvalue weighted by Crippen LogP contribution is -2.24. The van der Waals surface area contributed by atoms with E-state index in [1.54, 1.807) is 27.5 Å². The Hall–Kier alpha value is -1.79. The van der Waals surface area contributed by atoms with Gasteiger partial charge in [0, 0.05) is 18.4 Å². The zero-order chi connectivity index (χ0) is 13.4. The number of hydrazine groups is 1. The minimum Gasteiger partial charge on any atom is -0.308 e. The summed E-state index contributed by atoms with van der Waals surface area (Å²) in [6, 6.07) is 3.76. The molecule has 19 heavy (non-hydrogen) atoms. The van der Waals surface area contributed by atoms with Crippen LogP contribution in [0.2, 0.25) is 5.02 Å². The molecule has 1 fully saturated rings. The summed E-state index contributed by atoms with van der Waals surface area (Å²) in [5.41, 5.74) is 3.06. The molecule has 2 aromatic rings. The van der Waals surface area contributed by atoms with Gasteiger partial charge in [-0.2, -0.15) is 0 Å². The van der Waals surface area contributed by atoms with E-state index in [1.165, 1.54) is 0 Å². The third-order valence-electron chi connectivity index (χ3n) is 3.20. The average molecular weight is 280 g/mol. The lowest BCUT2D eigenvalue weighted by atomic mass is 10.3. The van der Waals surface area contributed by atoms with Crippen LogP contribution in [0.4, 0.5) is 5.82 Å². The maximum atomic E-state index is 12.1. The third-order valence-corrected chi connectivity index (χ3v) is 3.54. The molecule has 0 aliphatic heterocycles. The molecule has 0 bridgehead atoms. The molecule has 2 aromatic heterocycles. The summed E-state index contributed by atoms with van der Waals surface area (Å²) < 4.78 is 3.37. The topological polar surface area (TPSA) is 77.9 Å². The number of aromatic nitrogens is 3. The highest BCUT2D eigenvalue weighted by Gasteiger charge is 2.25. The van der Waals surface area contributed by atoms with Crippen LogP contribution in [-0.4, -0.2) is 14.1 Å². The minimum absolute atomic E-state index is 0.0218. The second-order valence-corrected chi connectivity index (χ2v) is 5.02. The Bertz CT molecular complexity index is 658. The summed E-state index contributed by atoms with van der Waals surface area (Å²) in [7, 11) is 0. The first-order chi connectivity index (χ1) is 9.19. The van der Waals surface area contributed by atoms with Gasteiger partial charge < -0.3 is 5.43 Å². The molecular formula is C12H14ClN5O. The smallest absolute Gasteiger partial charge is 0.308 e. The van der Waals surface area contributed by atoms with Crippen molar-refractivity contribution in [2.75, 3.05) is 5.43 Å². The number of pyridine rings is 1. The number of nitrogen functional groups attached to an aromatic ring is 1. The first-order valence-corrected chi connectivity index (χ1v) is 6.46. The van der Waals surface area contributed by atoms with E-state index >= 15 is 0 Å². The molecule has 100 valence electrons. The standard InChI is InChI=1S/C12H14ClN5O/c13-9-3-4-11(16-14)15-10(9)7-17-5-6-18(12(17)19)8-1-2-8/h3-6,8H,1-2,7,14H2,(H,15,16). The van der Waals surface area contributed by atoms with Gasteiger partial charge in [0.1, 0.15) is 5.82 Å². The van der Waals surface area contributed by atoms with E-state index in [4.69, 9.17) is 17.4 Å². The summed E-state index contributed by atoms with van der Waals surface area (Å²) in [5, 5.41) is 0.519. The molecule has 1 saturated carbocycles. The predicted octanol–water partition coefficient (Wildman–Crippen LogP) is 1.37. The monoisotopic (exact) mass is 279 g/mol. The molecule has 0 amide bonds. The van der Waals surface area contributed by atoms with E-state index < -0.39 is 0 Å². The van der Waals surface area contributed by atoms with Crippen molar-refractivity contribution in [1.29, 1.82) is 0 Å². The van der Waals surface area contributed by atoms with Crippen LogP contribution in [0.15, 0.2) is 29.3 Å². The molecule has 6 nitrogen and oxygen atoms in total. The number of nitrogens with one attached hydrogen (secondary N) is 1. The number of hydrogen-bond acceptors (Lipinski definition) is 4. The largest absolute Gasteiger partial charge is 0.328 e. The number of nitrogens with zero attached hydrogens (tertiary/aromatic N) is 3. The average Bonchev–Trinajstić information content (AvgIpc) is 3.19. The van der Waals surface area contributed by atoms with E-state index in [0.717, 1.165) is 12.8 Å². The number of rotatable bonds is 4. The van der Waals surface area contributed by atoms with E-state index in [2.05, 4.69) is 10.4 Å². The van der Waals surface area contributed by atoms with Crippen molar-refractivity contribution >= 4 is 17.4 Å². The number of halogens is 1. The number of nitrogens with two attached hydrogens (primary N) is 1. The maximum Gasteiger partial charge on any atom is 0.328 e. The normalized spacial score (nSPS) is 14.6. The van der Waals surface area contributed by atoms with Gasteiger partial charge in [0.2, 0.25) is 0 Å². The summed E-state index contributed by atoms with van der Waals surface area (Å²) in [4.78, 5) is 16.4. The van der Waals surface area contributed by atoms with Crippen LogP contribution in [0, 0.1) is 0 Å². The lowest BCUT2D eigenvalue weighted by molar-refractivity contribution is 0.651. The fourth-order valence-electron chi connectivity index (χ4n) is 2.02. The zero-order valence-electron chi connectivity index (χ0n) is 10.2. The fraction of sp³-hybridized carbons (Fsp3) is 0.333. The molecule has 3 rings (SSSR count). The van der Waals surface area contributed by atoms with E-state index in [9.17, 15) is 4.79 Å². The summed E-state index contributed by atoms with van der Waals surface area (Å²) in [5.74, 6) is 5.84. The van der Waals surface area contributed by atoms with Gasteiger partial charge in [0.15, 0.2) is 0 Å². The van der Waals surface area contributed by atoms with E-state index in [0.29, 0.717) is 29.1 Å². The fourth-order valence-corrected chi connectivity index (χ4v) is 2.18. The first-order valence-electron chi connectivity index (χ1n) is 6.08. The highest BCUT2D eigenvalue weighted by atomic mass is 35.5. The van der Waals surface area contributed by atoms with Crippen molar-refractivity contribution in [2.45, 2.75) is 25.4 Å². The molecule has 1 aliphatic rings. The van der Waals surface area contributed by atoms with Gasteiger partial charge >= 0.3 is 5.69 Å². The van der Waals surface area contributed by atoms with Crippen LogP contribution in [0.25, 0.3) is 0 Å². The zero-order valence-corrected chi connectivity index (χ0v) is 11.0. The van der Waals surface area contributed by atoms with Crippen molar-refractivity contribution in [2.24, 2.45) is 5.84 Å². The first kappa shape index (κ1) is 12.3. The van der Waals surface area contributed by atoms with Crippen LogP contribution < -0.4 is 17.0 Å². The van der Waals surface area contributed by atoms with E-state index in [-0.39, 0.29) is 5.69 Å². The highest BCUT2D eigenvalue weighted by molar-refractivity contribution is 6.31. The Morgan fingerprint density at radius 2 is 2.21 bits per heavy atom. The van der Waals surface area contributed by atoms with Crippen LogP contribution in [0.5, 0.6) is 0 Å². The number of hydrogen-bond donors (Lipinski definition) is 2. The molecule has 0 spiro atoms. The molecule has 0 atom stereocenters. The van der Waals surface area contributed by atoms with Gasteiger partial charge in [-0.25, -0.2) is 15.6 Å². The molecule has 7 heteroatoms. The Balaban J connectivity index is 1.90. The Morgan fingerprint density at radius 3 is 2.89 bits per heavy atom. The molecule has 1 aliphatic carbocycles. The minimum atomic E-state index is -0.0218. The van der Waals surface area contributed by atoms with Crippen molar-refractivity contribution in [3.8, 4) is 0 Å². The molecule has 3 N–H and O–H groups in total. The lowest BCUT2D eigenvalue weighted by Gasteiger charge is -2.06. The molecular weight excluding hydrogens is 266 g/mol. The SMILES string of the molecule is NNc1ccc(Cl)c(Cn2ccn(C3CC3)c2=O)n1. The highest BCUT2D eigenvalue weighted by Crippen LogP contribution is 2.33.